The van der Waals surface area contributed by atoms with Crippen LogP contribution in [0.1, 0.15) is 12.8 Å². The van der Waals surface area contributed by atoms with E-state index >= 15 is 0 Å². The molecule has 0 spiro atoms. The minimum absolute atomic E-state index is 0.145. The van der Waals surface area contributed by atoms with Crippen LogP contribution in [-0.4, -0.2) is 66.1 Å². The van der Waals surface area contributed by atoms with Crippen LogP contribution in [0.5, 0.6) is 5.75 Å². The number of hydrogen-bond acceptors (Lipinski definition) is 6. The maximum absolute atomic E-state index is 12.5. The van der Waals surface area contributed by atoms with Gasteiger partial charge in [-0.3, -0.25) is 9.10 Å². The van der Waals surface area contributed by atoms with Gasteiger partial charge in [0.2, 0.25) is 26.0 Å². The summed E-state index contributed by atoms with van der Waals surface area (Å²) >= 11 is 2.11. The number of nitrogens with zero attached hydrogens (tertiary/aromatic N) is 2. The lowest BCUT2D eigenvalue weighted by Crippen LogP contribution is -2.41. The predicted octanol–water partition coefficient (Wildman–Crippen LogP) is 2.04. The van der Waals surface area contributed by atoms with E-state index in [0.29, 0.717) is 24.5 Å². The molecule has 180 valence electrons. The molecule has 0 unspecified atom stereocenters. The van der Waals surface area contributed by atoms with Gasteiger partial charge in [0.15, 0.2) is 0 Å². The number of ether oxygens (including phenoxy) is 1. The van der Waals surface area contributed by atoms with Gasteiger partial charge in [-0.2, -0.15) is 4.31 Å². The van der Waals surface area contributed by atoms with Crippen LogP contribution in [0.25, 0.3) is 0 Å². The molecule has 0 radical (unpaired) electrons. The molecule has 9 nitrogen and oxygen atoms in total. The third kappa shape index (κ3) is 7.04. The van der Waals surface area contributed by atoms with Crippen molar-refractivity contribution in [1.82, 2.24) is 9.62 Å². The Labute approximate surface area is 208 Å². The molecule has 0 atom stereocenters. The molecular formula is C21H26IN3O6S2. The zero-order valence-corrected chi connectivity index (χ0v) is 21.9. The maximum Gasteiger partial charge on any atom is 0.243 e. The van der Waals surface area contributed by atoms with Crippen molar-refractivity contribution in [3.8, 4) is 5.75 Å². The summed E-state index contributed by atoms with van der Waals surface area (Å²) in [7, 11) is -7.11. The first-order valence-electron chi connectivity index (χ1n) is 10.3. The lowest BCUT2D eigenvalue weighted by Gasteiger charge is -2.22. The van der Waals surface area contributed by atoms with Crippen LogP contribution in [0.4, 0.5) is 5.69 Å². The topological polar surface area (TPSA) is 113 Å². The molecule has 1 heterocycles. The Kier molecular flexibility index (Phi) is 8.59. The average molecular weight is 607 g/mol. The van der Waals surface area contributed by atoms with Gasteiger partial charge in [-0.05, 0) is 84.0 Å². The van der Waals surface area contributed by atoms with E-state index < -0.39 is 26.0 Å². The van der Waals surface area contributed by atoms with Crippen molar-refractivity contribution < 1.29 is 26.4 Å². The molecule has 12 heteroatoms. The molecule has 1 fully saturated rings. The van der Waals surface area contributed by atoms with Gasteiger partial charge in [0.25, 0.3) is 0 Å². The van der Waals surface area contributed by atoms with E-state index in [0.717, 1.165) is 27.0 Å². The highest BCUT2D eigenvalue weighted by Crippen LogP contribution is 2.23. The Morgan fingerprint density at radius 1 is 1.03 bits per heavy atom. The fraction of sp³-hybridized carbons (Fsp3) is 0.381. The van der Waals surface area contributed by atoms with Gasteiger partial charge in [0, 0.05) is 16.7 Å². The molecule has 1 aliphatic heterocycles. The summed E-state index contributed by atoms with van der Waals surface area (Å²) in [6.07, 6.45) is 2.80. The van der Waals surface area contributed by atoms with E-state index in [-0.39, 0.29) is 24.6 Å². The molecule has 2 aromatic rings. The smallest absolute Gasteiger partial charge is 0.243 e. The second-order valence-corrected chi connectivity index (χ2v) is 12.6. The van der Waals surface area contributed by atoms with Gasteiger partial charge in [-0.1, -0.05) is 0 Å². The third-order valence-electron chi connectivity index (χ3n) is 5.02. The largest absolute Gasteiger partial charge is 0.492 e. The number of benzene rings is 2. The van der Waals surface area contributed by atoms with Crippen molar-refractivity contribution in [1.29, 1.82) is 0 Å². The Hall–Kier alpha value is -1.90. The van der Waals surface area contributed by atoms with Gasteiger partial charge in [0.1, 0.15) is 18.9 Å². The predicted molar refractivity (Wildman–Crippen MR) is 134 cm³/mol. The normalized spacial score (nSPS) is 14.7. The summed E-state index contributed by atoms with van der Waals surface area (Å²) in [6.45, 7) is 1.05. The highest BCUT2D eigenvalue weighted by Gasteiger charge is 2.27. The van der Waals surface area contributed by atoms with Gasteiger partial charge >= 0.3 is 0 Å². The van der Waals surface area contributed by atoms with Crippen molar-refractivity contribution in [2.45, 2.75) is 17.7 Å². The number of amides is 1. The van der Waals surface area contributed by atoms with E-state index in [1.54, 1.807) is 36.4 Å². The van der Waals surface area contributed by atoms with Crippen molar-refractivity contribution in [3.05, 3.63) is 52.1 Å². The number of carbonyl (C=O) groups excluding carboxylic acids is 1. The molecule has 1 saturated heterocycles. The molecule has 0 saturated carbocycles. The standard InChI is InChI=1S/C21H26IN3O6S2/c1-32(27,28)25(18-6-4-17(22)5-7-18)16-21(26)23-12-15-31-19-8-10-20(11-9-19)33(29,30)24-13-2-3-14-24/h4-11H,2-3,12-16H2,1H3,(H,23,26). The fourth-order valence-electron chi connectivity index (χ4n) is 3.34. The minimum Gasteiger partial charge on any atom is -0.492 e. The molecule has 0 bridgehead atoms. The first-order chi connectivity index (χ1) is 15.6. The Bertz CT molecular complexity index is 1160. The van der Waals surface area contributed by atoms with Crippen LogP contribution < -0.4 is 14.4 Å². The molecule has 1 amide bonds. The number of carbonyl (C=O) groups is 1. The number of anilines is 1. The summed E-state index contributed by atoms with van der Waals surface area (Å²) in [5, 5.41) is 2.64. The van der Waals surface area contributed by atoms with Crippen molar-refractivity contribution in [2.24, 2.45) is 0 Å². The summed E-state index contributed by atoms with van der Waals surface area (Å²) in [5.41, 5.74) is 0.410. The van der Waals surface area contributed by atoms with Gasteiger partial charge < -0.3 is 10.1 Å². The van der Waals surface area contributed by atoms with Crippen LogP contribution in [0.15, 0.2) is 53.4 Å². The van der Waals surface area contributed by atoms with Crippen molar-refractivity contribution in [3.63, 3.8) is 0 Å². The summed E-state index contributed by atoms with van der Waals surface area (Å²) < 4.78 is 58.4. The summed E-state index contributed by atoms with van der Waals surface area (Å²) in [5.74, 6) is 0.0101. The van der Waals surface area contributed by atoms with E-state index in [1.165, 1.54) is 16.4 Å². The number of nitrogens with one attached hydrogen (secondary N) is 1. The second-order valence-electron chi connectivity index (χ2n) is 7.53. The van der Waals surface area contributed by atoms with E-state index in [1.807, 2.05) is 0 Å². The molecule has 1 aliphatic rings. The molecule has 2 aromatic carbocycles. The quantitative estimate of drug-likeness (QED) is 0.327. The van der Waals surface area contributed by atoms with E-state index in [4.69, 9.17) is 4.74 Å². The molecule has 1 N–H and O–H groups in total. The lowest BCUT2D eigenvalue weighted by molar-refractivity contribution is -0.119. The van der Waals surface area contributed by atoms with Crippen LogP contribution >= 0.6 is 22.6 Å². The lowest BCUT2D eigenvalue weighted by atomic mass is 10.3. The zero-order chi connectivity index (χ0) is 24.1. The van der Waals surface area contributed by atoms with Gasteiger partial charge in [-0.25, -0.2) is 16.8 Å². The fourth-order valence-corrected chi connectivity index (χ4v) is 6.07. The molecule has 0 aromatic heterocycles. The first kappa shape index (κ1) is 25.7. The summed E-state index contributed by atoms with van der Waals surface area (Å²) in [6, 6.07) is 13.0. The highest BCUT2D eigenvalue weighted by atomic mass is 127. The van der Waals surface area contributed by atoms with Gasteiger partial charge in [0.05, 0.1) is 23.4 Å². The average Bonchev–Trinajstić information content (AvgIpc) is 3.31. The summed E-state index contributed by atoms with van der Waals surface area (Å²) in [4.78, 5) is 12.5. The van der Waals surface area contributed by atoms with Crippen LogP contribution in [0, 0.1) is 3.57 Å². The first-order valence-corrected chi connectivity index (χ1v) is 14.7. The van der Waals surface area contributed by atoms with Crippen LogP contribution in [0.2, 0.25) is 0 Å². The van der Waals surface area contributed by atoms with Crippen molar-refractivity contribution in [2.75, 3.05) is 43.3 Å². The third-order valence-corrected chi connectivity index (χ3v) is 8.79. The number of hydrogen-bond donors (Lipinski definition) is 1. The zero-order valence-electron chi connectivity index (χ0n) is 18.1. The van der Waals surface area contributed by atoms with E-state index in [9.17, 15) is 21.6 Å². The molecule has 33 heavy (non-hydrogen) atoms. The number of halogens is 1. The monoisotopic (exact) mass is 607 g/mol. The second kappa shape index (κ2) is 11.0. The number of sulfonamides is 2. The van der Waals surface area contributed by atoms with Crippen LogP contribution in [-0.2, 0) is 24.8 Å². The maximum atomic E-state index is 12.5. The minimum atomic E-state index is -3.64. The Morgan fingerprint density at radius 2 is 1.64 bits per heavy atom. The SMILES string of the molecule is CS(=O)(=O)N(CC(=O)NCCOc1ccc(S(=O)(=O)N2CCCC2)cc1)c1ccc(I)cc1. The molecule has 3 rings (SSSR count). The van der Waals surface area contributed by atoms with Crippen LogP contribution in [0.3, 0.4) is 0 Å². The number of rotatable bonds is 10. The van der Waals surface area contributed by atoms with Crippen molar-refractivity contribution >= 4 is 54.2 Å². The highest BCUT2D eigenvalue weighted by molar-refractivity contribution is 14.1. The Morgan fingerprint density at radius 3 is 2.21 bits per heavy atom. The van der Waals surface area contributed by atoms with Gasteiger partial charge in [-0.15, -0.1) is 0 Å². The Balaban J connectivity index is 1.49. The molecular weight excluding hydrogens is 581 g/mol. The van der Waals surface area contributed by atoms with E-state index in [2.05, 4.69) is 27.9 Å². The molecule has 0 aliphatic carbocycles.